The van der Waals surface area contributed by atoms with Gasteiger partial charge in [0, 0.05) is 37.6 Å². The minimum absolute atomic E-state index is 0.0716. The van der Waals surface area contributed by atoms with Crippen LogP contribution in [-0.2, 0) is 17.9 Å². The Bertz CT molecular complexity index is 1040. The van der Waals surface area contributed by atoms with Crippen LogP contribution >= 0.6 is 0 Å². The molecule has 1 saturated heterocycles. The number of hydrogen-bond acceptors (Lipinski definition) is 5. The molecule has 9 heteroatoms. The van der Waals surface area contributed by atoms with E-state index in [0.29, 0.717) is 37.5 Å². The summed E-state index contributed by atoms with van der Waals surface area (Å²) in [5.41, 5.74) is 1.36. The molecule has 1 aliphatic rings. The van der Waals surface area contributed by atoms with Crippen LogP contribution in [-0.4, -0.2) is 52.0 Å². The molecule has 30 heavy (non-hydrogen) atoms. The molecule has 2 aromatic heterocycles. The number of carbonyl (C=O) groups excluding carboxylic acids is 3. The molecule has 0 aliphatic carbocycles. The summed E-state index contributed by atoms with van der Waals surface area (Å²) in [5, 5.41) is 9.60. The van der Waals surface area contributed by atoms with Crippen LogP contribution < -0.4 is 10.6 Å². The number of nitrogens with one attached hydrogen (secondary N) is 2. The number of aromatic nitrogens is 2. The molecule has 1 aliphatic heterocycles. The third-order valence-electron chi connectivity index (χ3n) is 4.74. The van der Waals surface area contributed by atoms with Crippen molar-refractivity contribution >= 4 is 17.7 Å². The van der Waals surface area contributed by atoms with E-state index < -0.39 is 0 Å². The fraction of sp³-hybridized carbons (Fsp3) is 0.238. The van der Waals surface area contributed by atoms with Gasteiger partial charge in [-0.3, -0.25) is 19.1 Å². The molecule has 3 heterocycles. The highest BCUT2D eigenvalue weighted by atomic mass is 16.4. The molecule has 9 nitrogen and oxygen atoms in total. The Hall–Kier alpha value is -3.88. The van der Waals surface area contributed by atoms with Crippen molar-refractivity contribution in [1.82, 2.24) is 25.3 Å². The van der Waals surface area contributed by atoms with Crippen molar-refractivity contribution in [3.05, 3.63) is 77.5 Å². The maximum atomic E-state index is 12.5. The predicted octanol–water partition coefficient (Wildman–Crippen LogP) is 1.03. The van der Waals surface area contributed by atoms with Crippen molar-refractivity contribution in [3.63, 3.8) is 0 Å². The smallest absolute Gasteiger partial charge is 0.287 e. The van der Waals surface area contributed by atoms with Crippen molar-refractivity contribution in [2.45, 2.75) is 13.1 Å². The van der Waals surface area contributed by atoms with E-state index in [0.717, 1.165) is 5.56 Å². The Balaban J connectivity index is 1.30. The second kappa shape index (κ2) is 8.64. The average Bonchev–Trinajstić information content (AvgIpc) is 3.44. The fourth-order valence-electron chi connectivity index (χ4n) is 3.17. The number of amides is 3. The third-order valence-corrected chi connectivity index (χ3v) is 4.74. The van der Waals surface area contributed by atoms with Crippen molar-refractivity contribution < 1.29 is 18.8 Å². The summed E-state index contributed by atoms with van der Waals surface area (Å²) in [5.74, 6) is 0.215. The van der Waals surface area contributed by atoms with Crippen molar-refractivity contribution in [1.29, 1.82) is 0 Å². The average molecular weight is 407 g/mol. The largest absolute Gasteiger partial charge is 0.454 e. The van der Waals surface area contributed by atoms with Gasteiger partial charge >= 0.3 is 0 Å². The van der Waals surface area contributed by atoms with E-state index in [4.69, 9.17) is 4.42 Å². The summed E-state index contributed by atoms with van der Waals surface area (Å²) >= 11 is 0. The molecule has 0 unspecified atom stereocenters. The van der Waals surface area contributed by atoms with Crippen molar-refractivity contribution in [2.24, 2.45) is 0 Å². The third kappa shape index (κ3) is 4.57. The van der Waals surface area contributed by atoms with Crippen LogP contribution in [0.5, 0.6) is 0 Å². The Kier molecular flexibility index (Phi) is 5.60. The van der Waals surface area contributed by atoms with Gasteiger partial charge in [-0.15, -0.1) is 0 Å². The second-order valence-electron chi connectivity index (χ2n) is 6.93. The molecule has 1 aromatic carbocycles. The van der Waals surface area contributed by atoms with Crippen LogP contribution in [0.3, 0.4) is 0 Å². The van der Waals surface area contributed by atoms with Gasteiger partial charge in [-0.05, 0) is 35.9 Å². The molecular formula is C21H21N5O4. The molecule has 0 atom stereocenters. The number of carbonyl (C=O) groups is 3. The molecule has 3 amide bonds. The van der Waals surface area contributed by atoms with Crippen molar-refractivity contribution in [2.75, 3.05) is 19.6 Å². The summed E-state index contributed by atoms with van der Waals surface area (Å²) in [6.45, 7) is 1.78. The van der Waals surface area contributed by atoms with Crippen LogP contribution in [0, 0.1) is 0 Å². The normalized spacial score (nSPS) is 13.7. The van der Waals surface area contributed by atoms with E-state index in [2.05, 4.69) is 15.7 Å². The number of rotatable bonds is 6. The molecule has 154 valence electrons. The van der Waals surface area contributed by atoms with Crippen molar-refractivity contribution in [3.8, 4) is 0 Å². The Morgan fingerprint density at radius 1 is 1.17 bits per heavy atom. The summed E-state index contributed by atoms with van der Waals surface area (Å²) in [4.78, 5) is 37.8. The van der Waals surface area contributed by atoms with Gasteiger partial charge in [-0.25, -0.2) is 0 Å². The minimum atomic E-state index is -0.318. The first-order valence-corrected chi connectivity index (χ1v) is 9.58. The molecule has 0 bridgehead atoms. The second-order valence-corrected chi connectivity index (χ2v) is 6.93. The molecule has 0 radical (unpaired) electrons. The molecular weight excluding hydrogens is 386 g/mol. The lowest BCUT2D eigenvalue weighted by Crippen LogP contribution is -2.49. The number of benzene rings is 1. The number of piperazine rings is 1. The Morgan fingerprint density at radius 3 is 2.73 bits per heavy atom. The highest BCUT2D eigenvalue weighted by Gasteiger charge is 2.22. The minimum Gasteiger partial charge on any atom is -0.454 e. The van der Waals surface area contributed by atoms with Gasteiger partial charge in [0.25, 0.3) is 11.8 Å². The van der Waals surface area contributed by atoms with E-state index in [1.165, 1.54) is 4.90 Å². The number of nitrogens with zero attached hydrogens (tertiary/aromatic N) is 3. The van der Waals surface area contributed by atoms with Gasteiger partial charge in [-0.1, -0.05) is 12.1 Å². The summed E-state index contributed by atoms with van der Waals surface area (Å²) in [7, 11) is 0. The zero-order valence-electron chi connectivity index (χ0n) is 16.2. The first kappa shape index (κ1) is 19.4. The summed E-state index contributed by atoms with van der Waals surface area (Å²) in [6.07, 6.45) is 3.50. The SMILES string of the molecule is O=C1CN(C(=O)c2ccc(CNC(=O)c3ccc(Cn4cccn4)o3)cc2)CCN1. The molecule has 3 aromatic rings. The maximum absolute atomic E-state index is 12.5. The van der Waals surface area contributed by atoms with Crippen LogP contribution in [0.25, 0.3) is 0 Å². The monoisotopic (exact) mass is 407 g/mol. The van der Waals surface area contributed by atoms with E-state index in [1.807, 2.05) is 12.3 Å². The summed E-state index contributed by atoms with van der Waals surface area (Å²) in [6, 6.07) is 12.2. The number of furan rings is 1. The van der Waals surface area contributed by atoms with Crippen LogP contribution in [0.15, 0.2) is 59.3 Å². The van der Waals surface area contributed by atoms with Gasteiger partial charge in [0.1, 0.15) is 5.76 Å². The first-order chi connectivity index (χ1) is 14.6. The highest BCUT2D eigenvalue weighted by Crippen LogP contribution is 2.11. The van der Waals surface area contributed by atoms with E-state index in [-0.39, 0.29) is 30.0 Å². The molecule has 1 fully saturated rings. The molecule has 4 rings (SSSR count). The zero-order chi connectivity index (χ0) is 20.9. The molecule has 2 N–H and O–H groups in total. The Labute approximate surface area is 172 Å². The fourth-order valence-corrected chi connectivity index (χ4v) is 3.17. The maximum Gasteiger partial charge on any atom is 0.287 e. The van der Waals surface area contributed by atoms with Crippen LogP contribution in [0.2, 0.25) is 0 Å². The lowest BCUT2D eigenvalue weighted by molar-refractivity contribution is -0.123. The van der Waals surface area contributed by atoms with Gasteiger partial charge < -0.3 is 20.0 Å². The quantitative estimate of drug-likeness (QED) is 0.634. The Morgan fingerprint density at radius 2 is 2.00 bits per heavy atom. The zero-order valence-corrected chi connectivity index (χ0v) is 16.2. The van der Waals surface area contributed by atoms with Gasteiger partial charge in [0.05, 0.1) is 13.1 Å². The lowest BCUT2D eigenvalue weighted by atomic mass is 10.1. The standard InChI is InChI=1S/C21H21N5O4/c27-19-14-25(11-9-22-19)21(29)16-4-2-15(3-5-16)12-23-20(28)18-7-6-17(30-18)13-26-10-1-8-24-26/h1-8,10H,9,11-14H2,(H,22,27)(H,23,28). The van der Waals surface area contributed by atoms with Gasteiger partial charge in [-0.2, -0.15) is 5.10 Å². The highest BCUT2D eigenvalue weighted by molar-refractivity contribution is 5.97. The first-order valence-electron chi connectivity index (χ1n) is 9.58. The lowest BCUT2D eigenvalue weighted by Gasteiger charge is -2.26. The van der Waals surface area contributed by atoms with E-state index >= 15 is 0 Å². The number of hydrogen-bond donors (Lipinski definition) is 2. The van der Waals surface area contributed by atoms with Gasteiger partial charge in [0.15, 0.2) is 5.76 Å². The predicted molar refractivity (Wildman–Crippen MR) is 107 cm³/mol. The van der Waals surface area contributed by atoms with Crippen LogP contribution in [0.4, 0.5) is 0 Å². The van der Waals surface area contributed by atoms with Gasteiger partial charge in [0.2, 0.25) is 5.91 Å². The topological polar surface area (TPSA) is 109 Å². The molecule has 0 saturated carbocycles. The van der Waals surface area contributed by atoms with E-state index in [1.54, 1.807) is 47.3 Å². The molecule has 0 spiro atoms. The van der Waals surface area contributed by atoms with E-state index in [9.17, 15) is 14.4 Å². The summed E-state index contributed by atoms with van der Waals surface area (Å²) < 4.78 is 7.29. The van der Waals surface area contributed by atoms with Crippen LogP contribution in [0.1, 0.15) is 32.2 Å².